The number of carbonyl (C=O) groups excluding carboxylic acids is 1. The molecule has 3 N–H and O–H groups in total. The van der Waals surface area contributed by atoms with Gasteiger partial charge in [0.2, 0.25) is 5.91 Å². The minimum absolute atomic E-state index is 0.0196. The third-order valence-corrected chi connectivity index (χ3v) is 4.86. The summed E-state index contributed by atoms with van der Waals surface area (Å²) in [6, 6.07) is 0.0632. The molecule has 0 aromatic carbocycles. The first-order chi connectivity index (χ1) is 9.04. The van der Waals surface area contributed by atoms with Gasteiger partial charge in [-0.2, -0.15) is 0 Å². The van der Waals surface area contributed by atoms with Crippen LogP contribution in [-0.2, 0) is 4.79 Å². The third kappa shape index (κ3) is 3.48. The molecule has 1 aliphatic carbocycles. The monoisotopic (exact) mass is 268 g/mol. The largest absolute Gasteiger partial charge is 0.396 e. The molecule has 0 aromatic rings. The van der Waals surface area contributed by atoms with Crippen LogP contribution in [0.3, 0.4) is 0 Å². The number of rotatable bonds is 3. The maximum absolute atomic E-state index is 12.5. The van der Waals surface area contributed by atoms with Crippen LogP contribution in [0.1, 0.15) is 52.4 Å². The highest BCUT2D eigenvalue weighted by Crippen LogP contribution is 2.31. The zero-order valence-electron chi connectivity index (χ0n) is 12.2. The van der Waals surface area contributed by atoms with Crippen LogP contribution in [0.25, 0.3) is 0 Å². The number of aliphatic hydroxyl groups is 1. The van der Waals surface area contributed by atoms with E-state index in [1.807, 2.05) is 0 Å². The van der Waals surface area contributed by atoms with Crippen LogP contribution in [-0.4, -0.2) is 36.2 Å². The summed E-state index contributed by atoms with van der Waals surface area (Å²) in [5.74, 6) is 0.361. The molecule has 3 unspecified atom stereocenters. The van der Waals surface area contributed by atoms with Crippen molar-refractivity contribution in [3.05, 3.63) is 0 Å². The number of amides is 1. The van der Waals surface area contributed by atoms with E-state index in [0.29, 0.717) is 0 Å². The molecule has 110 valence electrons. The molecule has 1 amide bonds. The van der Waals surface area contributed by atoms with Gasteiger partial charge in [0, 0.05) is 18.6 Å². The lowest BCUT2D eigenvalue weighted by Crippen LogP contribution is -2.58. The first-order valence-corrected chi connectivity index (χ1v) is 7.69. The van der Waals surface area contributed by atoms with Gasteiger partial charge in [0.05, 0.1) is 6.04 Å². The van der Waals surface area contributed by atoms with E-state index in [-0.39, 0.29) is 35.9 Å². The molecule has 2 aliphatic rings. The molecule has 1 heterocycles. The highest BCUT2D eigenvalue weighted by molar-refractivity contribution is 5.83. The summed E-state index contributed by atoms with van der Waals surface area (Å²) < 4.78 is 0. The van der Waals surface area contributed by atoms with Crippen LogP contribution in [0, 0.1) is 11.3 Å². The van der Waals surface area contributed by atoms with Gasteiger partial charge in [-0.05, 0) is 37.6 Å². The van der Waals surface area contributed by atoms with Crippen LogP contribution in [0.2, 0.25) is 0 Å². The van der Waals surface area contributed by atoms with E-state index in [1.54, 1.807) is 0 Å². The predicted molar refractivity (Wildman–Crippen MR) is 75.8 cm³/mol. The molecule has 1 saturated heterocycles. The fourth-order valence-electron chi connectivity index (χ4n) is 3.54. The minimum Gasteiger partial charge on any atom is -0.396 e. The number of piperidine rings is 1. The van der Waals surface area contributed by atoms with E-state index in [9.17, 15) is 9.90 Å². The van der Waals surface area contributed by atoms with Crippen LogP contribution in [0.4, 0.5) is 0 Å². The molecule has 2 rings (SSSR count). The van der Waals surface area contributed by atoms with Crippen LogP contribution in [0.15, 0.2) is 0 Å². The Morgan fingerprint density at radius 2 is 2.05 bits per heavy atom. The fourth-order valence-corrected chi connectivity index (χ4v) is 3.54. The molecule has 19 heavy (non-hydrogen) atoms. The predicted octanol–water partition coefficient (Wildman–Crippen LogP) is 1.43. The molecule has 1 aliphatic heterocycles. The van der Waals surface area contributed by atoms with E-state index in [2.05, 4.69) is 24.5 Å². The molecule has 0 bridgehead atoms. The lowest BCUT2D eigenvalue weighted by atomic mass is 9.76. The van der Waals surface area contributed by atoms with Crippen LogP contribution in [0.5, 0.6) is 0 Å². The van der Waals surface area contributed by atoms with Crippen molar-refractivity contribution >= 4 is 5.91 Å². The van der Waals surface area contributed by atoms with E-state index in [4.69, 9.17) is 0 Å². The SMILES string of the molecule is CC1(C)CCCNC1C(=O)NC1CCCCC1CO. The Balaban J connectivity index is 1.95. The second kappa shape index (κ2) is 6.23. The van der Waals surface area contributed by atoms with Crippen molar-refractivity contribution in [2.75, 3.05) is 13.2 Å². The Kier molecular flexibility index (Phi) is 4.85. The molecule has 0 radical (unpaired) electrons. The molecular weight excluding hydrogens is 240 g/mol. The van der Waals surface area contributed by atoms with Gasteiger partial charge in [-0.1, -0.05) is 26.7 Å². The Hall–Kier alpha value is -0.610. The maximum atomic E-state index is 12.5. The van der Waals surface area contributed by atoms with Gasteiger partial charge in [0.1, 0.15) is 0 Å². The molecule has 0 spiro atoms. The molecule has 1 saturated carbocycles. The van der Waals surface area contributed by atoms with Crippen LogP contribution >= 0.6 is 0 Å². The summed E-state index contributed by atoms with van der Waals surface area (Å²) in [6.45, 7) is 5.43. The van der Waals surface area contributed by atoms with Crippen molar-refractivity contribution in [1.29, 1.82) is 0 Å². The quantitative estimate of drug-likeness (QED) is 0.725. The third-order valence-electron chi connectivity index (χ3n) is 4.86. The van der Waals surface area contributed by atoms with E-state index in [0.717, 1.165) is 38.6 Å². The zero-order valence-corrected chi connectivity index (χ0v) is 12.2. The van der Waals surface area contributed by atoms with Gasteiger partial charge >= 0.3 is 0 Å². The van der Waals surface area contributed by atoms with Crippen molar-refractivity contribution in [1.82, 2.24) is 10.6 Å². The van der Waals surface area contributed by atoms with Gasteiger partial charge in [-0.3, -0.25) is 4.79 Å². The topological polar surface area (TPSA) is 61.4 Å². The first-order valence-electron chi connectivity index (χ1n) is 7.69. The van der Waals surface area contributed by atoms with Gasteiger partial charge in [-0.15, -0.1) is 0 Å². The highest BCUT2D eigenvalue weighted by atomic mass is 16.3. The lowest BCUT2D eigenvalue weighted by molar-refractivity contribution is -0.128. The normalized spacial score (nSPS) is 34.8. The Bertz CT molecular complexity index is 317. The summed E-state index contributed by atoms with van der Waals surface area (Å²) in [6.07, 6.45) is 6.59. The van der Waals surface area contributed by atoms with Crippen molar-refractivity contribution in [2.45, 2.75) is 64.5 Å². The van der Waals surface area contributed by atoms with E-state index >= 15 is 0 Å². The number of carbonyl (C=O) groups is 1. The number of hydrogen-bond acceptors (Lipinski definition) is 3. The number of aliphatic hydroxyl groups excluding tert-OH is 1. The fraction of sp³-hybridized carbons (Fsp3) is 0.933. The summed E-state index contributed by atoms with van der Waals surface area (Å²) >= 11 is 0. The van der Waals surface area contributed by atoms with Crippen molar-refractivity contribution < 1.29 is 9.90 Å². The number of hydrogen-bond donors (Lipinski definition) is 3. The summed E-state index contributed by atoms with van der Waals surface area (Å²) in [4.78, 5) is 12.5. The molecule has 4 nitrogen and oxygen atoms in total. The minimum atomic E-state index is -0.0949. The van der Waals surface area contributed by atoms with E-state index in [1.165, 1.54) is 6.42 Å². The van der Waals surface area contributed by atoms with E-state index < -0.39 is 0 Å². The average molecular weight is 268 g/mol. The highest BCUT2D eigenvalue weighted by Gasteiger charge is 2.38. The van der Waals surface area contributed by atoms with Crippen molar-refractivity contribution in [3.63, 3.8) is 0 Å². The lowest BCUT2D eigenvalue weighted by Gasteiger charge is -2.40. The Morgan fingerprint density at radius 3 is 2.74 bits per heavy atom. The standard InChI is InChI=1S/C15H28N2O2/c1-15(2)8-5-9-16-13(15)14(19)17-12-7-4-3-6-11(12)10-18/h11-13,16,18H,3-10H2,1-2H3,(H,17,19). The Morgan fingerprint density at radius 1 is 1.32 bits per heavy atom. The average Bonchev–Trinajstić information content (AvgIpc) is 2.38. The van der Waals surface area contributed by atoms with Gasteiger partial charge < -0.3 is 15.7 Å². The smallest absolute Gasteiger partial charge is 0.237 e. The second-order valence-corrected chi connectivity index (χ2v) is 6.82. The van der Waals surface area contributed by atoms with Crippen LogP contribution < -0.4 is 10.6 Å². The van der Waals surface area contributed by atoms with Gasteiger partial charge in [0.15, 0.2) is 0 Å². The maximum Gasteiger partial charge on any atom is 0.237 e. The molecule has 4 heteroatoms. The zero-order chi connectivity index (χ0) is 13.9. The molecule has 3 atom stereocenters. The van der Waals surface area contributed by atoms with Gasteiger partial charge in [0.25, 0.3) is 0 Å². The molecule has 0 aromatic heterocycles. The summed E-state index contributed by atoms with van der Waals surface area (Å²) in [5, 5.41) is 16.0. The van der Waals surface area contributed by atoms with Gasteiger partial charge in [-0.25, -0.2) is 0 Å². The molecule has 2 fully saturated rings. The van der Waals surface area contributed by atoms with Crippen molar-refractivity contribution in [2.24, 2.45) is 11.3 Å². The first kappa shape index (κ1) is 14.8. The van der Waals surface area contributed by atoms with Crippen molar-refractivity contribution in [3.8, 4) is 0 Å². The Labute approximate surface area is 116 Å². The number of nitrogens with one attached hydrogen (secondary N) is 2. The summed E-state index contributed by atoms with van der Waals surface area (Å²) in [5.41, 5.74) is 0.0196. The molecular formula is C15H28N2O2. The summed E-state index contributed by atoms with van der Waals surface area (Å²) in [7, 11) is 0. The second-order valence-electron chi connectivity index (χ2n) is 6.82.